The van der Waals surface area contributed by atoms with Gasteiger partial charge in [0.1, 0.15) is 0 Å². The summed E-state index contributed by atoms with van der Waals surface area (Å²) >= 11 is 3.31. The lowest BCUT2D eigenvalue weighted by atomic mass is 10.1. The number of nitrogens with one attached hydrogen (secondary N) is 1. The van der Waals surface area contributed by atoms with Crippen LogP contribution in [-0.4, -0.2) is 17.1 Å². The second-order valence-corrected chi connectivity index (χ2v) is 7.61. The normalized spacial score (nSPS) is 11.9. The highest BCUT2D eigenvalue weighted by Gasteiger charge is 2.37. The van der Waals surface area contributed by atoms with Gasteiger partial charge in [0.05, 0.1) is 28.5 Å². The number of benzene rings is 2. The Hall–Kier alpha value is -3.66. The summed E-state index contributed by atoms with van der Waals surface area (Å²) < 4.78 is 47.5. The summed E-state index contributed by atoms with van der Waals surface area (Å²) in [6.07, 6.45) is -3.37. The predicted octanol–water partition coefficient (Wildman–Crippen LogP) is 5.62. The first-order chi connectivity index (χ1) is 15.2. The Bertz CT molecular complexity index is 1320. The van der Waals surface area contributed by atoms with Crippen LogP contribution in [0.2, 0.25) is 0 Å². The van der Waals surface area contributed by atoms with Crippen molar-refractivity contribution in [2.45, 2.75) is 6.18 Å². The zero-order valence-corrected chi connectivity index (χ0v) is 17.7. The molecule has 0 spiro atoms. The van der Waals surface area contributed by atoms with Crippen LogP contribution in [0.3, 0.4) is 0 Å². The maximum Gasteiger partial charge on any atom is 0.417 e. The number of anilines is 1. The van der Waals surface area contributed by atoms with Crippen LogP contribution in [0.4, 0.5) is 18.9 Å². The van der Waals surface area contributed by atoms with Crippen LogP contribution in [0, 0.1) is 0 Å². The van der Waals surface area contributed by atoms with Crippen molar-refractivity contribution in [1.29, 1.82) is 0 Å². The zero-order valence-electron chi connectivity index (χ0n) is 16.2. The van der Waals surface area contributed by atoms with Gasteiger partial charge in [0, 0.05) is 10.0 Å². The molecule has 0 saturated heterocycles. The molecule has 2 aromatic heterocycles. The summed E-state index contributed by atoms with van der Waals surface area (Å²) in [6.45, 7) is 0. The van der Waals surface area contributed by atoms with E-state index < -0.39 is 40.2 Å². The number of amides is 1. The minimum Gasteiger partial charge on any atom is -0.430 e. The van der Waals surface area contributed by atoms with Gasteiger partial charge >= 0.3 is 12.1 Å². The third kappa shape index (κ3) is 4.35. The Morgan fingerprint density at radius 2 is 1.81 bits per heavy atom. The number of nitrogens with zero attached hydrogens (tertiary/aromatic N) is 2. The number of halogens is 4. The summed E-state index contributed by atoms with van der Waals surface area (Å²) in [5, 5.41) is 3.32. The van der Waals surface area contributed by atoms with Crippen LogP contribution in [0.5, 0.6) is 0 Å². The average molecular weight is 503 g/mol. The van der Waals surface area contributed by atoms with Gasteiger partial charge in [-0.05, 0) is 23.8 Å². The Kier molecular flexibility index (Phi) is 5.70. The molecule has 0 radical (unpaired) electrons. The fraction of sp³-hybridized carbons (Fsp3) is 0.0455. The summed E-state index contributed by atoms with van der Waals surface area (Å²) in [5.74, 6) is -1.40. The van der Waals surface area contributed by atoms with Crippen LogP contribution in [-0.2, 0) is 6.18 Å². The molecule has 0 aliphatic heterocycles. The highest BCUT2D eigenvalue weighted by atomic mass is 79.9. The molecule has 4 rings (SSSR count). The van der Waals surface area contributed by atoms with Gasteiger partial charge in [-0.3, -0.25) is 4.79 Å². The lowest BCUT2D eigenvalue weighted by Gasteiger charge is -2.10. The molecular weight excluding hydrogens is 489 g/mol. The van der Waals surface area contributed by atoms with Gasteiger partial charge in [-0.2, -0.15) is 18.3 Å². The number of carbonyl (C=O) groups is 1. The molecule has 0 bridgehead atoms. The number of alkyl halides is 3. The van der Waals surface area contributed by atoms with Crippen molar-refractivity contribution in [3.8, 4) is 11.3 Å². The summed E-state index contributed by atoms with van der Waals surface area (Å²) in [4.78, 5) is 16.6. The number of rotatable bonds is 4. The van der Waals surface area contributed by atoms with Crippen LogP contribution < -0.4 is 11.2 Å². The number of aromatic nitrogens is 1. The fourth-order valence-corrected chi connectivity index (χ4v) is 3.30. The summed E-state index contributed by atoms with van der Waals surface area (Å²) in [7, 11) is 0. The first-order valence-corrected chi connectivity index (χ1v) is 9.98. The van der Waals surface area contributed by atoms with Crippen LogP contribution >= 0.6 is 15.9 Å². The Morgan fingerprint density at radius 1 is 1.12 bits per heavy atom. The molecule has 2 aromatic carbocycles. The Balaban J connectivity index is 1.72. The maximum absolute atomic E-state index is 13.8. The first kappa shape index (κ1) is 21.6. The zero-order chi connectivity index (χ0) is 22.9. The molecule has 32 heavy (non-hydrogen) atoms. The molecule has 0 atom stereocenters. The van der Waals surface area contributed by atoms with Gasteiger partial charge in [0.2, 0.25) is 11.5 Å². The van der Waals surface area contributed by atoms with Crippen molar-refractivity contribution in [2.24, 2.45) is 5.10 Å². The summed E-state index contributed by atoms with van der Waals surface area (Å²) in [5.41, 5.74) is 7.38. The second kappa shape index (κ2) is 8.46. The number of furan rings is 1. The molecule has 1 amide bonds. The van der Waals surface area contributed by atoms with E-state index in [-0.39, 0.29) is 5.69 Å². The molecule has 0 aliphatic carbocycles. The number of nitrogens with two attached hydrogens (primary N) is 1. The van der Waals surface area contributed by atoms with E-state index in [1.807, 2.05) is 0 Å². The van der Waals surface area contributed by atoms with Crippen molar-refractivity contribution >= 4 is 44.8 Å². The molecule has 0 saturated carbocycles. The average Bonchev–Trinajstić information content (AvgIpc) is 3.11. The molecule has 6 nitrogen and oxygen atoms in total. The van der Waals surface area contributed by atoms with E-state index in [0.29, 0.717) is 11.1 Å². The minimum absolute atomic E-state index is 0.0411. The Labute approximate surface area is 188 Å². The smallest absolute Gasteiger partial charge is 0.417 e. The molecule has 4 aromatic rings. The van der Waals surface area contributed by atoms with Crippen molar-refractivity contribution in [3.05, 3.63) is 82.0 Å². The quantitative estimate of drug-likeness (QED) is 0.279. The van der Waals surface area contributed by atoms with E-state index in [9.17, 15) is 18.0 Å². The lowest BCUT2D eigenvalue weighted by Crippen LogP contribution is -2.18. The fourth-order valence-electron chi connectivity index (χ4n) is 3.04. The number of pyridine rings is 1. The van der Waals surface area contributed by atoms with Gasteiger partial charge in [-0.1, -0.05) is 58.4 Å². The monoisotopic (exact) mass is 502 g/mol. The molecule has 162 valence electrons. The minimum atomic E-state index is -4.74. The number of fused-ring (bicyclic) bond motifs is 1. The topological polar surface area (TPSA) is 93.5 Å². The number of hydrogen-bond acceptors (Lipinski definition) is 5. The van der Waals surface area contributed by atoms with Crippen molar-refractivity contribution in [1.82, 2.24) is 10.4 Å². The number of hydrogen-bond donors (Lipinski definition) is 2. The Morgan fingerprint density at radius 3 is 2.47 bits per heavy atom. The van der Waals surface area contributed by atoms with Crippen molar-refractivity contribution in [2.75, 3.05) is 5.73 Å². The number of hydrazone groups is 1. The van der Waals surface area contributed by atoms with E-state index in [2.05, 4.69) is 31.4 Å². The van der Waals surface area contributed by atoms with E-state index in [0.717, 1.165) is 10.5 Å². The lowest BCUT2D eigenvalue weighted by molar-refractivity contribution is -0.136. The van der Waals surface area contributed by atoms with E-state index in [4.69, 9.17) is 10.2 Å². The maximum atomic E-state index is 13.8. The molecule has 10 heteroatoms. The van der Waals surface area contributed by atoms with Crippen LogP contribution in [0.15, 0.2) is 74.7 Å². The molecule has 0 fully saturated rings. The van der Waals surface area contributed by atoms with Crippen LogP contribution in [0.1, 0.15) is 21.7 Å². The third-order valence-corrected chi connectivity index (χ3v) is 5.06. The summed E-state index contributed by atoms with van der Waals surface area (Å²) in [6, 6.07) is 16.3. The second-order valence-electron chi connectivity index (χ2n) is 6.69. The van der Waals surface area contributed by atoms with Gasteiger partial charge in [0.25, 0.3) is 0 Å². The number of nitrogen functional groups attached to an aromatic ring is 1. The molecule has 3 N–H and O–H groups in total. The van der Waals surface area contributed by atoms with Crippen molar-refractivity contribution < 1.29 is 22.4 Å². The number of carbonyl (C=O) groups excluding carboxylic acids is 1. The molecule has 2 heterocycles. The largest absolute Gasteiger partial charge is 0.430 e. The highest BCUT2D eigenvalue weighted by Crippen LogP contribution is 2.41. The van der Waals surface area contributed by atoms with Crippen LogP contribution in [0.25, 0.3) is 22.4 Å². The first-order valence-electron chi connectivity index (χ1n) is 9.18. The van der Waals surface area contributed by atoms with Gasteiger partial charge in [-0.25, -0.2) is 10.4 Å². The van der Waals surface area contributed by atoms with E-state index in [1.165, 1.54) is 6.21 Å². The van der Waals surface area contributed by atoms with Gasteiger partial charge in [-0.15, -0.1) is 0 Å². The molecular formula is C22H14BrF3N4O2. The van der Waals surface area contributed by atoms with Gasteiger partial charge < -0.3 is 10.2 Å². The van der Waals surface area contributed by atoms with Crippen molar-refractivity contribution in [3.63, 3.8) is 0 Å². The third-order valence-electron chi connectivity index (χ3n) is 4.53. The molecule has 0 unspecified atom stereocenters. The molecule has 0 aliphatic rings. The van der Waals surface area contributed by atoms with E-state index >= 15 is 0 Å². The van der Waals surface area contributed by atoms with Gasteiger partial charge in [0.15, 0.2) is 0 Å². The van der Waals surface area contributed by atoms with E-state index in [1.54, 1.807) is 54.6 Å². The predicted molar refractivity (Wildman–Crippen MR) is 118 cm³/mol. The SMILES string of the molecule is Nc1c(C(=O)N/N=C/c2ccc(Br)cc2)oc2nc(-c3ccccc3)cc(C(F)(F)F)c12. The highest BCUT2D eigenvalue weighted by molar-refractivity contribution is 9.10. The standard InChI is InChI=1S/C22H14BrF3N4O2/c23-14-8-6-12(7-9-14)11-28-30-20(31)19-18(27)17-15(22(24,25)26)10-16(29-21(17)32-19)13-4-2-1-3-5-13/h1-11H,27H2,(H,30,31)/b28-11+.